The average molecular weight is 310 g/mol. The number of benzene rings is 2. The molecule has 0 aliphatic heterocycles. The molecular formula is C16H14N4OS. The van der Waals surface area contributed by atoms with Crippen LogP contribution in [0.3, 0.4) is 0 Å². The van der Waals surface area contributed by atoms with Gasteiger partial charge in [-0.15, -0.1) is 10.2 Å². The third-order valence-electron chi connectivity index (χ3n) is 2.97. The maximum atomic E-state index is 9.72. The quantitative estimate of drug-likeness (QED) is 0.581. The van der Waals surface area contributed by atoms with E-state index in [4.69, 9.17) is 0 Å². The summed E-state index contributed by atoms with van der Waals surface area (Å²) in [6, 6.07) is 17.2. The number of thioether (sulfide) groups is 1. The van der Waals surface area contributed by atoms with E-state index in [0.717, 1.165) is 5.75 Å². The molecule has 110 valence electrons. The van der Waals surface area contributed by atoms with Gasteiger partial charge in [0, 0.05) is 11.3 Å². The van der Waals surface area contributed by atoms with Gasteiger partial charge in [0.2, 0.25) is 5.16 Å². The van der Waals surface area contributed by atoms with Crippen molar-refractivity contribution in [1.29, 1.82) is 0 Å². The molecule has 0 unspecified atom stereocenters. The van der Waals surface area contributed by atoms with Gasteiger partial charge < -0.3 is 5.11 Å². The summed E-state index contributed by atoms with van der Waals surface area (Å²) in [5, 5.41) is 22.7. The predicted octanol–water partition coefficient (Wildman–Crippen LogP) is 3.16. The van der Waals surface area contributed by atoms with E-state index in [1.165, 1.54) is 5.56 Å². The van der Waals surface area contributed by atoms with Crippen molar-refractivity contribution < 1.29 is 5.11 Å². The van der Waals surface area contributed by atoms with E-state index < -0.39 is 0 Å². The first-order valence-electron chi connectivity index (χ1n) is 6.72. The molecule has 22 heavy (non-hydrogen) atoms. The molecule has 0 aliphatic carbocycles. The number of aromatic hydroxyl groups is 1. The normalized spacial score (nSPS) is 11.1. The van der Waals surface area contributed by atoms with Crippen LogP contribution in [0.1, 0.15) is 11.1 Å². The lowest BCUT2D eigenvalue weighted by atomic mass is 10.2. The summed E-state index contributed by atoms with van der Waals surface area (Å²) >= 11 is 1.56. The first kappa shape index (κ1) is 14.3. The third-order valence-corrected chi connectivity index (χ3v) is 3.97. The summed E-state index contributed by atoms with van der Waals surface area (Å²) in [6.45, 7) is 0. The zero-order valence-corrected chi connectivity index (χ0v) is 12.5. The van der Waals surface area contributed by atoms with Crippen LogP contribution < -0.4 is 0 Å². The fraction of sp³-hybridized carbons (Fsp3) is 0.0625. The lowest BCUT2D eigenvalue weighted by Crippen LogP contribution is -1.93. The number of phenols is 1. The first-order chi connectivity index (χ1) is 10.8. The van der Waals surface area contributed by atoms with E-state index >= 15 is 0 Å². The smallest absolute Gasteiger partial charge is 0.212 e. The molecule has 0 radical (unpaired) electrons. The minimum Gasteiger partial charge on any atom is -0.507 e. The molecule has 0 atom stereocenters. The van der Waals surface area contributed by atoms with Crippen LogP contribution in [0.2, 0.25) is 0 Å². The molecule has 3 rings (SSSR count). The van der Waals surface area contributed by atoms with Gasteiger partial charge in [-0.3, -0.25) is 0 Å². The maximum Gasteiger partial charge on any atom is 0.212 e. The topological polar surface area (TPSA) is 63.3 Å². The van der Waals surface area contributed by atoms with E-state index in [2.05, 4.69) is 27.4 Å². The molecule has 1 heterocycles. The average Bonchev–Trinajstić information content (AvgIpc) is 3.01. The SMILES string of the molecule is Oc1ccccc1/C=N/n1cnnc1SCc1ccccc1. The molecule has 0 aliphatic rings. The molecule has 2 aromatic carbocycles. The van der Waals surface area contributed by atoms with Gasteiger partial charge in [0.25, 0.3) is 0 Å². The number of aromatic nitrogens is 3. The second-order valence-electron chi connectivity index (χ2n) is 4.54. The summed E-state index contributed by atoms with van der Waals surface area (Å²) in [5.41, 5.74) is 1.86. The highest BCUT2D eigenvalue weighted by molar-refractivity contribution is 7.98. The molecule has 0 saturated heterocycles. The minimum atomic E-state index is 0.192. The minimum absolute atomic E-state index is 0.192. The highest BCUT2D eigenvalue weighted by Crippen LogP contribution is 2.20. The fourth-order valence-corrected chi connectivity index (χ4v) is 2.66. The Morgan fingerprint density at radius 1 is 1.09 bits per heavy atom. The van der Waals surface area contributed by atoms with Crippen LogP contribution >= 0.6 is 11.8 Å². The monoisotopic (exact) mass is 310 g/mol. The molecule has 3 aromatic rings. The Bertz CT molecular complexity index is 771. The molecule has 0 spiro atoms. The number of nitrogens with zero attached hydrogens (tertiary/aromatic N) is 4. The second-order valence-corrected chi connectivity index (χ2v) is 5.48. The number of para-hydroxylation sites is 1. The summed E-state index contributed by atoms with van der Waals surface area (Å²) in [4.78, 5) is 0. The van der Waals surface area contributed by atoms with Crippen LogP contribution in [0.5, 0.6) is 5.75 Å². The zero-order chi connectivity index (χ0) is 15.2. The number of rotatable bonds is 5. The van der Waals surface area contributed by atoms with Crippen LogP contribution in [0.15, 0.2) is 71.2 Å². The van der Waals surface area contributed by atoms with Crippen molar-refractivity contribution in [3.8, 4) is 5.75 Å². The van der Waals surface area contributed by atoms with Crippen LogP contribution in [0.25, 0.3) is 0 Å². The lowest BCUT2D eigenvalue weighted by molar-refractivity contribution is 0.474. The molecule has 1 aromatic heterocycles. The highest BCUT2D eigenvalue weighted by Gasteiger charge is 2.04. The van der Waals surface area contributed by atoms with Gasteiger partial charge in [-0.25, -0.2) is 0 Å². The van der Waals surface area contributed by atoms with Gasteiger partial charge in [0.05, 0.1) is 6.21 Å². The number of hydrogen-bond donors (Lipinski definition) is 1. The number of phenolic OH excluding ortho intramolecular Hbond substituents is 1. The predicted molar refractivity (Wildman–Crippen MR) is 87.1 cm³/mol. The van der Waals surface area contributed by atoms with E-state index in [1.807, 2.05) is 24.3 Å². The largest absolute Gasteiger partial charge is 0.507 e. The molecule has 5 nitrogen and oxygen atoms in total. The van der Waals surface area contributed by atoms with Gasteiger partial charge in [-0.05, 0) is 17.7 Å². The van der Waals surface area contributed by atoms with Crippen LogP contribution in [0.4, 0.5) is 0 Å². The standard InChI is InChI=1S/C16H14N4OS/c21-15-9-5-4-8-14(15)10-18-20-12-17-19-16(20)22-11-13-6-2-1-3-7-13/h1-10,12,21H,11H2/b18-10+. The Kier molecular flexibility index (Phi) is 4.50. The van der Waals surface area contributed by atoms with Gasteiger partial charge in [-0.2, -0.15) is 9.78 Å². The first-order valence-corrected chi connectivity index (χ1v) is 7.70. The molecule has 0 saturated carbocycles. The summed E-state index contributed by atoms with van der Waals surface area (Å²) in [7, 11) is 0. The molecule has 0 fully saturated rings. The van der Waals surface area contributed by atoms with Crippen molar-refractivity contribution in [2.24, 2.45) is 5.10 Å². The van der Waals surface area contributed by atoms with Crippen molar-refractivity contribution in [3.63, 3.8) is 0 Å². The zero-order valence-electron chi connectivity index (χ0n) is 11.7. The van der Waals surface area contributed by atoms with Gasteiger partial charge >= 0.3 is 0 Å². The Hall–Kier alpha value is -2.60. The van der Waals surface area contributed by atoms with Crippen molar-refractivity contribution in [1.82, 2.24) is 14.9 Å². The molecule has 1 N–H and O–H groups in total. The van der Waals surface area contributed by atoms with Crippen LogP contribution in [0, 0.1) is 0 Å². The van der Waals surface area contributed by atoms with Crippen molar-refractivity contribution in [3.05, 3.63) is 72.1 Å². The maximum absolute atomic E-state index is 9.72. The van der Waals surface area contributed by atoms with Crippen LogP contribution in [-0.2, 0) is 5.75 Å². The van der Waals surface area contributed by atoms with Crippen molar-refractivity contribution >= 4 is 18.0 Å². The van der Waals surface area contributed by atoms with Crippen molar-refractivity contribution in [2.75, 3.05) is 0 Å². The van der Waals surface area contributed by atoms with E-state index in [9.17, 15) is 5.11 Å². The third kappa shape index (κ3) is 3.53. The van der Waals surface area contributed by atoms with E-state index in [0.29, 0.717) is 10.7 Å². The summed E-state index contributed by atoms with van der Waals surface area (Å²) in [6.07, 6.45) is 3.13. The van der Waals surface area contributed by atoms with Gasteiger partial charge in [0.1, 0.15) is 12.1 Å². The fourth-order valence-electron chi connectivity index (χ4n) is 1.84. The Labute approximate surface area is 132 Å². The summed E-state index contributed by atoms with van der Waals surface area (Å²) in [5.74, 6) is 0.990. The Morgan fingerprint density at radius 3 is 2.68 bits per heavy atom. The molecule has 6 heteroatoms. The highest BCUT2D eigenvalue weighted by atomic mass is 32.2. The molecular weight excluding hydrogens is 296 g/mol. The van der Waals surface area contributed by atoms with Crippen molar-refractivity contribution in [2.45, 2.75) is 10.9 Å². The Morgan fingerprint density at radius 2 is 1.86 bits per heavy atom. The molecule has 0 bridgehead atoms. The molecule has 0 amide bonds. The Balaban J connectivity index is 1.71. The van der Waals surface area contributed by atoms with E-state index in [1.54, 1.807) is 47.2 Å². The van der Waals surface area contributed by atoms with Gasteiger partial charge in [-0.1, -0.05) is 54.2 Å². The van der Waals surface area contributed by atoms with Gasteiger partial charge in [0.15, 0.2) is 0 Å². The lowest BCUT2D eigenvalue weighted by Gasteiger charge is -2.01. The second kappa shape index (κ2) is 6.91. The van der Waals surface area contributed by atoms with E-state index in [-0.39, 0.29) is 5.75 Å². The van der Waals surface area contributed by atoms with Crippen LogP contribution in [-0.4, -0.2) is 26.2 Å². The summed E-state index contributed by atoms with van der Waals surface area (Å²) < 4.78 is 1.60. The number of hydrogen-bond acceptors (Lipinski definition) is 5.